The van der Waals surface area contributed by atoms with Crippen LogP contribution in [0.5, 0.6) is 28.7 Å². The van der Waals surface area contributed by atoms with Crippen LogP contribution in [0.2, 0.25) is 0 Å². The average molecular weight is 1510 g/mol. The molecule has 0 unspecified atom stereocenters. The van der Waals surface area contributed by atoms with E-state index < -0.39 is 53.8 Å². The maximum absolute atomic E-state index is 14.6. The Hall–Kier alpha value is -6.58. The van der Waals surface area contributed by atoms with Gasteiger partial charge in [0.05, 0.1) is 46.2 Å². The van der Waals surface area contributed by atoms with E-state index in [9.17, 15) is 19.2 Å². The minimum atomic E-state index is -1.27. The number of nitrogens with one attached hydrogen (secondary N) is 1. The van der Waals surface area contributed by atoms with E-state index in [-0.39, 0.29) is 18.6 Å². The van der Waals surface area contributed by atoms with Crippen LogP contribution in [0.4, 0.5) is 0 Å². The molecule has 1 saturated heterocycles. The number of aryl methyl sites for hydroxylation is 1. The van der Waals surface area contributed by atoms with Gasteiger partial charge >= 0.3 is 17.6 Å². The Morgan fingerprint density at radius 3 is 1.17 bits per heavy atom. The van der Waals surface area contributed by atoms with Crippen LogP contribution >= 0.6 is 0 Å². The maximum atomic E-state index is 14.6. The second kappa shape index (κ2) is 57.5. The molecule has 0 spiro atoms. The van der Waals surface area contributed by atoms with Crippen LogP contribution in [0, 0.1) is 6.92 Å². The molecule has 0 bridgehead atoms. The fourth-order valence-electron chi connectivity index (χ4n) is 15.2. The molecule has 109 heavy (non-hydrogen) atoms. The van der Waals surface area contributed by atoms with Crippen LogP contribution in [0.1, 0.15) is 374 Å². The standard InChI is InChI=1S/C94H146N2O13/c1-7-10-13-16-19-22-25-28-31-34-37-40-43-46-49-55-68-103-85-71-78(72-86(104-69-56-50-47-44-41-38-35-32-29-26-23-20-17-14-11-8-2)90(85)105-70-57-51-48-45-42-39-36-33-30-27-24-21-18-15-12-9-3)92(99)106-76-89(97)109-84-73-88(96-74-77(4)91(98)95-93(96)100)108-87(84)75-107-94(79-58-53-52-54-59-79,80-60-64-82(101-5)65-61-80)81-62-66-83(102-6)67-63-81/h52-54,58-67,71-72,74,84,87-88H,7-51,55-57,68-70,73,75-76H2,1-6H3,(H,95,98,100)/t84-,87+,88+/m0/s1. The normalized spacial score (nSPS) is 14.3. The highest BCUT2D eigenvalue weighted by atomic mass is 16.6. The van der Waals surface area contributed by atoms with Crippen molar-refractivity contribution >= 4 is 11.9 Å². The second-order valence-electron chi connectivity index (χ2n) is 31.0. The van der Waals surface area contributed by atoms with Gasteiger partial charge in [0.15, 0.2) is 18.1 Å². The van der Waals surface area contributed by atoms with E-state index >= 15 is 0 Å². The van der Waals surface area contributed by atoms with Gasteiger partial charge in [-0.3, -0.25) is 14.3 Å². The zero-order chi connectivity index (χ0) is 77.5. The molecule has 4 aromatic carbocycles. The molecule has 5 aromatic rings. The molecule has 15 nitrogen and oxygen atoms in total. The van der Waals surface area contributed by atoms with Gasteiger partial charge < -0.3 is 42.6 Å². The van der Waals surface area contributed by atoms with Crippen molar-refractivity contribution in [3.05, 3.63) is 146 Å². The number of aromatic nitrogens is 2. The van der Waals surface area contributed by atoms with Crippen LogP contribution in [0.15, 0.2) is 107 Å². The molecule has 15 heteroatoms. The van der Waals surface area contributed by atoms with Gasteiger partial charge in [0.25, 0.3) is 5.56 Å². The molecule has 0 amide bonds. The van der Waals surface area contributed by atoms with Gasteiger partial charge in [-0.25, -0.2) is 14.4 Å². The third kappa shape index (κ3) is 35.8. The Labute approximate surface area is 658 Å². The van der Waals surface area contributed by atoms with Crippen LogP contribution in [0.25, 0.3) is 0 Å². The molecule has 1 N–H and O–H groups in total. The van der Waals surface area contributed by atoms with Crippen LogP contribution < -0.4 is 34.9 Å². The summed E-state index contributed by atoms with van der Waals surface area (Å²) in [5.74, 6) is 1.03. The third-order valence-electron chi connectivity index (χ3n) is 21.9. The zero-order valence-corrected chi connectivity index (χ0v) is 68.9. The van der Waals surface area contributed by atoms with E-state index in [4.69, 9.17) is 42.6 Å². The number of carbonyl (C=O) groups is 2. The Morgan fingerprint density at radius 1 is 0.459 bits per heavy atom. The van der Waals surface area contributed by atoms with Crippen molar-refractivity contribution in [3.8, 4) is 28.7 Å². The van der Waals surface area contributed by atoms with Crippen molar-refractivity contribution in [1.82, 2.24) is 9.55 Å². The number of benzene rings is 4. The summed E-state index contributed by atoms with van der Waals surface area (Å²) in [4.78, 5) is 57.5. The number of hydrogen-bond acceptors (Lipinski definition) is 13. The fraction of sp³-hybridized carbons (Fsp3) is 0.681. The van der Waals surface area contributed by atoms with Crippen LogP contribution in [-0.2, 0) is 29.3 Å². The highest BCUT2D eigenvalue weighted by Gasteiger charge is 2.44. The number of rotatable bonds is 67. The molecule has 1 fully saturated rings. The number of ether oxygens (including phenoxy) is 9. The quantitative estimate of drug-likeness (QED) is 0.0222. The first-order valence-electron chi connectivity index (χ1n) is 43.9. The van der Waals surface area contributed by atoms with Crippen LogP contribution in [0.3, 0.4) is 0 Å². The lowest BCUT2D eigenvalue weighted by Gasteiger charge is -2.37. The summed E-state index contributed by atoms with van der Waals surface area (Å²) < 4.78 is 58.6. The fourth-order valence-corrected chi connectivity index (χ4v) is 15.2. The summed E-state index contributed by atoms with van der Waals surface area (Å²) in [5, 5.41) is 0. The number of methoxy groups -OCH3 is 2. The molecule has 2 heterocycles. The molecular formula is C94H146N2O13. The Balaban J connectivity index is 1.15. The summed E-state index contributed by atoms with van der Waals surface area (Å²) in [5.41, 5.74) is 0.305. The Morgan fingerprint density at radius 2 is 0.807 bits per heavy atom. The first-order chi connectivity index (χ1) is 53.5. The highest BCUT2D eigenvalue weighted by molar-refractivity contribution is 5.92. The van der Waals surface area contributed by atoms with Gasteiger partial charge in [0, 0.05) is 18.2 Å². The number of aromatic amines is 1. The maximum Gasteiger partial charge on any atom is 0.344 e. The average Bonchev–Trinajstić information content (AvgIpc) is 0.971. The largest absolute Gasteiger partial charge is 0.497 e. The predicted octanol–water partition coefficient (Wildman–Crippen LogP) is 24.8. The second-order valence-corrected chi connectivity index (χ2v) is 31.0. The van der Waals surface area contributed by atoms with E-state index in [1.165, 1.54) is 261 Å². The van der Waals surface area contributed by atoms with Crippen molar-refractivity contribution in [2.24, 2.45) is 0 Å². The van der Waals surface area contributed by atoms with E-state index in [1.54, 1.807) is 33.3 Å². The van der Waals surface area contributed by atoms with Gasteiger partial charge in [0.1, 0.15) is 35.5 Å². The first kappa shape index (κ1) is 91.3. The number of nitrogens with zero attached hydrogens (tertiary/aromatic N) is 1. The summed E-state index contributed by atoms with van der Waals surface area (Å²) in [7, 11) is 3.23. The van der Waals surface area contributed by atoms with Crippen molar-refractivity contribution in [2.45, 2.75) is 366 Å². The number of unbranched alkanes of at least 4 members (excludes halogenated alkanes) is 45. The van der Waals surface area contributed by atoms with E-state index in [2.05, 4.69) is 25.8 Å². The van der Waals surface area contributed by atoms with Crippen LogP contribution in [-0.4, -0.2) is 81.0 Å². The number of carbonyl (C=O) groups excluding carboxylic acids is 2. The molecule has 1 aromatic heterocycles. The molecule has 0 aliphatic carbocycles. The molecule has 6 rings (SSSR count). The monoisotopic (exact) mass is 1510 g/mol. The van der Waals surface area contributed by atoms with E-state index in [0.29, 0.717) is 54.1 Å². The first-order valence-corrected chi connectivity index (χ1v) is 43.9. The molecule has 0 saturated carbocycles. The molecular weight excluding hydrogens is 1370 g/mol. The van der Waals surface area contributed by atoms with Crippen molar-refractivity contribution in [1.29, 1.82) is 0 Å². The van der Waals surface area contributed by atoms with Crippen molar-refractivity contribution in [3.63, 3.8) is 0 Å². The smallest absolute Gasteiger partial charge is 0.344 e. The SMILES string of the molecule is CCCCCCCCCCCCCCCCCCOc1cc(C(=O)OCC(=O)O[C@H]2C[C@H](n3cc(C)c(=O)[nH]c3=O)O[C@@H]2COC(c2ccccc2)(c2ccc(OC)cc2)c2ccc(OC)cc2)cc(OCCCCCCCCCCCCCCCCCC)c1OCCCCCCCCCCCCCCCCCC. The van der Waals surface area contributed by atoms with Crippen molar-refractivity contribution < 1.29 is 52.2 Å². The topological polar surface area (TPSA) is 172 Å². The lowest BCUT2D eigenvalue weighted by molar-refractivity contribution is -0.159. The zero-order valence-electron chi connectivity index (χ0n) is 68.9. The molecule has 610 valence electrons. The predicted molar refractivity (Wildman–Crippen MR) is 445 cm³/mol. The van der Waals surface area contributed by atoms with Gasteiger partial charge in [-0.05, 0) is 79.3 Å². The van der Waals surface area contributed by atoms with Gasteiger partial charge in [0.2, 0.25) is 5.75 Å². The van der Waals surface area contributed by atoms with Gasteiger partial charge in [-0.2, -0.15) is 0 Å². The third-order valence-corrected chi connectivity index (χ3v) is 21.9. The van der Waals surface area contributed by atoms with Crippen molar-refractivity contribution in [2.75, 3.05) is 47.3 Å². The molecule has 0 radical (unpaired) electrons. The Kier molecular flexibility index (Phi) is 48.1. The Bertz CT molecular complexity index is 3150. The minimum Gasteiger partial charge on any atom is -0.497 e. The van der Waals surface area contributed by atoms with Gasteiger partial charge in [-0.1, -0.05) is 364 Å². The van der Waals surface area contributed by atoms with Gasteiger partial charge in [-0.15, -0.1) is 0 Å². The summed E-state index contributed by atoms with van der Waals surface area (Å²) >= 11 is 0. The van der Waals surface area contributed by atoms with E-state index in [1.807, 2.05) is 78.9 Å². The number of H-pyrrole nitrogens is 1. The highest BCUT2D eigenvalue weighted by Crippen LogP contribution is 2.44. The summed E-state index contributed by atoms with van der Waals surface area (Å²) in [6, 6.07) is 28.4. The lowest BCUT2D eigenvalue weighted by Crippen LogP contribution is -2.39. The van der Waals surface area contributed by atoms with E-state index in [0.717, 1.165) is 74.5 Å². The number of esters is 2. The number of hydrogen-bond donors (Lipinski definition) is 1. The molecule has 1 aliphatic rings. The summed E-state index contributed by atoms with van der Waals surface area (Å²) in [6.45, 7) is 8.90. The summed E-state index contributed by atoms with van der Waals surface area (Å²) in [6.07, 6.45) is 59.6. The molecule has 3 atom stereocenters. The minimum absolute atomic E-state index is 0.00358. The molecule has 1 aliphatic heterocycles. The lowest BCUT2D eigenvalue weighted by atomic mass is 9.80.